The number of hydrogen-bond donors (Lipinski definition) is 0. The fourth-order valence-corrected chi connectivity index (χ4v) is 4.21. The van der Waals surface area contributed by atoms with Crippen LogP contribution in [0.1, 0.15) is 0 Å². The quantitative estimate of drug-likeness (QED) is 0.682. The van der Waals surface area contributed by atoms with Gasteiger partial charge in [0.15, 0.2) is 0 Å². The summed E-state index contributed by atoms with van der Waals surface area (Å²) in [7, 11) is 5.72. The van der Waals surface area contributed by atoms with Crippen LogP contribution in [0.5, 0.6) is 0 Å². The molecule has 8 heavy (non-hydrogen) atoms. The molecular weight excluding hydrogens is 276 g/mol. The van der Waals surface area contributed by atoms with E-state index in [0.29, 0.717) is 0 Å². The first-order valence-corrected chi connectivity index (χ1v) is 8.84. The topological polar surface area (TPSA) is 0 Å². The Morgan fingerprint density at radius 1 is 1.00 bits per heavy atom. The van der Waals surface area contributed by atoms with E-state index < -0.39 is 19.1 Å². The second-order valence-corrected chi connectivity index (χ2v) is 7.68. The van der Waals surface area contributed by atoms with E-state index in [9.17, 15) is 0 Å². The Labute approximate surface area is 69.7 Å². The van der Waals surface area contributed by atoms with E-state index in [-0.39, 0.29) is 0 Å². The van der Waals surface area contributed by atoms with Crippen molar-refractivity contribution in [2.45, 2.75) is 0 Å². The van der Waals surface area contributed by atoms with Crippen LogP contribution in [0.2, 0.25) is 0 Å². The van der Waals surface area contributed by atoms with Crippen molar-refractivity contribution in [1.82, 2.24) is 0 Å². The molecule has 0 rings (SSSR count). The zero-order valence-corrected chi connectivity index (χ0v) is 8.71. The first-order valence-electron chi connectivity index (χ1n) is 1.79. The van der Waals surface area contributed by atoms with Gasteiger partial charge in [0.05, 0.1) is 0 Å². The number of hydrogen-bond acceptors (Lipinski definition) is 0. The predicted molar refractivity (Wildman–Crippen MR) is 41.6 cm³/mol. The standard InChI is InChI=1S/2C2H2Cl.ClH.Sb/c2*1-2-3;;/h2*1-2H;1H;/q;;;+1/p-1. The molecule has 0 aromatic rings. The van der Waals surface area contributed by atoms with Crippen molar-refractivity contribution in [1.29, 1.82) is 0 Å². The third-order valence-electron chi connectivity index (χ3n) is 0.398. The summed E-state index contributed by atoms with van der Waals surface area (Å²) in [6, 6.07) is 0. The van der Waals surface area contributed by atoms with Gasteiger partial charge in [-0.25, -0.2) is 0 Å². The second kappa shape index (κ2) is 6.29. The van der Waals surface area contributed by atoms with Crippen molar-refractivity contribution in [3.05, 3.63) is 19.1 Å². The molecule has 0 atom stereocenters. The molecule has 46 valence electrons. The van der Waals surface area contributed by atoms with Gasteiger partial charge in [0.1, 0.15) is 0 Å². The summed E-state index contributed by atoms with van der Waals surface area (Å²) < 4.78 is 3.59. The Balaban J connectivity index is 3.47. The van der Waals surface area contributed by atoms with Gasteiger partial charge in [-0.2, -0.15) is 0 Å². The molecule has 0 spiro atoms. The van der Waals surface area contributed by atoms with Gasteiger partial charge in [-0.05, 0) is 0 Å². The summed E-state index contributed by atoms with van der Waals surface area (Å²) in [4.78, 5) is 0. The van der Waals surface area contributed by atoms with Crippen LogP contribution in [0.15, 0.2) is 19.1 Å². The van der Waals surface area contributed by atoms with Crippen molar-refractivity contribution >= 4 is 51.1 Å². The molecule has 0 N–H and O–H groups in total. The van der Waals surface area contributed by atoms with Crippen molar-refractivity contribution in [2.24, 2.45) is 0 Å². The Hall–Kier alpha value is 1.17. The van der Waals surface area contributed by atoms with E-state index in [4.69, 9.17) is 32.0 Å². The van der Waals surface area contributed by atoms with Gasteiger partial charge in [0.2, 0.25) is 0 Å². The molecule has 0 aromatic heterocycles. The van der Waals surface area contributed by atoms with Gasteiger partial charge in [0.25, 0.3) is 0 Å². The van der Waals surface area contributed by atoms with Crippen molar-refractivity contribution in [3.8, 4) is 0 Å². The third-order valence-corrected chi connectivity index (χ3v) is 5.69. The van der Waals surface area contributed by atoms with Crippen LogP contribution in [-0.2, 0) is 0 Å². The maximum atomic E-state index is 5.72. The minimum atomic E-state index is -1.73. The first-order chi connectivity index (χ1) is 3.81. The average molecular weight is 280 g/mol. The fraction of sp³-hybridized carbons (Fsp3) is 0. The molecule has 0 radical (unpaired) electrons. The van der Waals surface area contributed by atoms with Gasteiger partial charge in [-0.3, -0.25) is 0 Å². The number of halogens is 3. The Bertz CT molecular complexity index is 87.5. The van der Waals surface area contributed by atoms with Crippen LogP contribution in [0.3, 0.4) is 0 Å². The molecule has 0 amide bonds. The van der Waals surface area contributed by atoms with Gasteiger partial charge < -0.3 is 0 Å². The zero-order valence-electron chi connectivity index (χ0n) is 3.89. The van der Waals surface area contributed by atoms with Gasteiger partial charge >= 0.3 is 70.2 Å². The molecule has 0 aliphatic rings. The van der Waals surface area contributed by atoms with Crippen LogP contribution in [0.4, 0.5) is 0 Å². The summed E-state index contributed by atoms with van der Waals surface area (Å²) in [5.41, 5.74) is 2.87. The maximum absolute atomic E-state index is 5.72. The fourth-order valence-electron chi connectivity index (χ4n) is 0.157. The summed E-state index contributed by atoms with van der Waals surface area (Å²) >= 11 is 8.74. The zero-order chi connectivity index (χ0) is 6.41. The normalized spacial score (nSPS) is 12.5. The third kappa shape index (κ3) is 5.31. The Kier molecular flexibility index (Phi) is 7.21. The molecule has 0 fully saturated rings. The van der Waals surface area contributed by atoms with E-state index in [1.807, 2.05) is 0 Å². The summed E-state index contributed by atoms with van der Waals surface area (Å²) in [5.74, 6) is 0. The molecule has 0 heterocycles. The van der Waals surface area contributed by atoms with Gasteiger partial charge in [-0.1, -0.05) is 0 Å². The molecule has 0 aliphatic heterocycles. The molecule has 0 saturated carbocycles. The molecule has 0 saturated heterocycles. The average Bonchev–Trinajstić information content (AvgIpc) is 1.68. The molecule has 0 bridgehead atoms. The van der Waals surface area contributed by atoms with Crippen molar-refractivity contribution < 1.29 is 0 Å². The van der Waals surface area contributed by atoms with E-state index in [0.717, 1.165) is 0 Å². The van der Waals surface area contributed by atoms with Crippen molar-refractivity contribution in [2.75, 3.05) is 0 Å². The molecule has 0 aliphatic carbocycles. The molecule has 0 unspecified atom stereocenters. The summed E-state index contributed by atoms with van der Waals surface area (Å²) in [5, 5.41) is 0. The van der Waals surface area contributed by atoms with E-state index in [1.165, 1.54) is 11.1 Å². The van der Waals surface area contributed by atoms with Gasteiger partial charge in [0, 0.05) is 0 Å². The van der Waals surface area contributed by atoms with E-state index >= 15 is 0 Å². The van der Waals surface area contributed by atoms with Crippen LogP contribution < -0.4 is 0 Å². The summed E-state index contributed by atoms with van der Waals surface area (Å²) in [6.45, 7) is 0. The second-order valence-electron chi connectivity index (χ2n) is 0.894. The van der Waals surface area contributed by atoms with Crippen LogP contribution >= 0.6 is 32.0 Å². The van der Waals surface area contributed by atoms with Crippen LogP contribution in [-0.4, -0.2) is 19.1 Å². The molecular formula is C4H4Cl3Sb. The minimum absolute atomic E-state index is 1.44. The molecule has 4 heteroatoms. The predicted octanol–water partition coefficient (Wildman–Crippen LogP) is 2.80. The SMILES string of the molecule is ClC=[CH][Sb]([Cl])[CH]=CCl. The van der Waals surface area contributed by atoms with E-state index in [1.54, 1.807) is 8.05 Å². The van der Waals surface area contributed by atoms with E-state index in [2.05, 4.69) is 0 Å². The number of rotatable bonds is 2. The Morgan fingerprint density at radius 2 is 1.38 bits per heavy atom. The Morgan fingerprint density at radius 3 is 1.62 bits per heavy atom. The molecule has 0 aromatic carbocycles. The summed E-state index contributed by atoms with van der Waals surface area (Å²) in [6.07, 6.45) is 0. The molecule has 0 nitrogen and oxygen atoms in total. The van der Waals surface area contributed by atoms with Crippen LogP contribution in [0, 0.1) is 0 Å². The van der Waals surface area contributed by atoms with Crippen molar-refractivity contribution in [3.63, 3.8) is 0 Å². The monoisotopic (exact) mass is 278 g/mol. The first kappa shape index (κ1) is 9.17. The van der Waals surface area contributed by atoms with Gasteiger partial charge in [-0.15, -0.1) is 0 Å². The van der Waals surface area contributed by atoms with Crippen LogP contribution in [0.25, 0.3) is 0 Å².